The van der Waals surface area contributed by atoms with Crippen molar-refractivity contribution in [2.75, 3.05) is 23.4 Å². The molecule has 5 heterocycles. The first-order valence-electron chi connectivity index (χ1n) is 12.5. The summed E-state index contributed by atoms with van der Waals surface area (Å²) in [5.41, 5.74) is 0.983. The molecule has 172 valence electrons. The maximum atomic E-state index is 12.8. The molecule has 33 heavy (non-hydrogen) atoms. The lowest BCUT2D eigenvalue weighted by Crippen LogP contribution is -2.51. The summed E-state index contributed by atoms with van der Waals surface area (Å²) >= 11 is 0. The minimum Gasteiger partial charge on any atom is -0.358 e. The number of nitrogens with zero attached hydrogens (tertiary/aromatic N) is 7. The third-order valence-electron chi connectivity index (χ3n) is 5.73. The Morgan fingerprint density at radius 1 is 1.21 bits per heavy atom. The maximum absolute atomic E-state index is 12.8. The molecule has 3 aromatic heterocycles. The number of anilines is 2. The quantitative estimate of drug-likeness (QED) is 0.645. The van der Waals surface area contributed by atoms with Crippen molar-refractivity contribution in [2.24, 2.45) is 0 Å². The Kier molecular flexibility index (Phi) is 4.48. The van der Waals surface area contributed by atoms with Gasteiger partial charge in [-0.1, -0.05) is 0 Å². The molecule has 0 aromatic carbocycles. The second-order valence-corrected chi connectivity index (χ2v) is 8.77. The molecule has 0 aliphatic carbocycles. The van der Waals surface area contributed by atoms with Crippen molar-refractivity contribution in [1.82, 2.24) is 29.7 Å². The van der Waals surface area contributed by atoms with Crippen molar-refractivity contribution >= 4 is 17.5 Å². The van der Waals surface area contributed by atoms with E-state index in [1.807, 2.05) is 13.0 Å². The fourth-order valence-electron chi connectivity index (χ4n) is 4.14. The van der Waals surface area contributed by atoms with Crippen LogP contribution in [0.2, 0.25) is 0 Å². The third-order valence-corrected chi connectivity index (χ3v) is 5.73. The van der Waals surface area contributed by atoms with Gasteiger partial charge in [0.05, 0.1) is 18.4 Å². The molecule has 1 unspecified atom stereocenters. The van der Waals surface area contributed by atoms with Gasteiger partial charge in [-0.2, -0.15) is 0 Å². The lowest BCUT2D eigenvalue weighted by molar-refractivity contribution is -0.118. The van der Waals surface area contributed by atoms with Crippen molar-refractivity contribution in [3.05, 3.63) is 30.4 Å². The van der Waals surface area contributed by atoms with E-state index in [1.165, 1.54) is 18.7 Å². The average Bonchev–Trinajstić information content (AvgIpc) is 3.34. The SMILES string of the molecule is [2H]C([2H])([2H])C(C)(C)N1C(=O)CNc2ncc(-c3ccc(-c4ncn(C5CCCCO5)n4)nc3C)nc21. The van der Waals surface area contributed by atoms with Crippen molar-refractivity contribution in [2.45, 2.75) is 58.7 Å². The van der Waals surface area contributed by atoms with Crippen LogP contribution in [0.1, 0.15) is 56.0 Å². The predicted molar refractivity (Wildman–Crippen MR) is 124 cm³/mol. The van der Waals surface area contributed by atoms with Gasteiger partial charge >= 0.3 is 0 Å². The van der Waals surface area contributed by atoms with E-state index in [0.29, 0.717) is 34.3 Å². The first-order valence-corrected chi connectivity index (χ1v) is 11.0. The minimum absolute atomic E-state index is 0.0542. The summed E-state index contributed by atoms with van der Waals surface area (Å²) in [6, 6.07) is 3.65. The summed E-state index contributed by atoms with van der Waals surface area (Å²) in [6.45, 7) is 3.10. The molecule has 1 atom stereocenters. The Balaban J connectivity index is 1.47. The molecule has 1 N–H and O–H groups in total. The molecule has 5 rings (SSSR count). The average molecular weight is 452 g/mol. The van der Waals surface area contributed by atoms with Crippen LogP contribution in [0.5, 0.6) is 0 Å². The van der Waals surface area contributed by atoms with Crippen molar-refractivity contribution in [3.8, 4) is 22.8 Å². The van der Waals surface area contributed by atoms with Crippen LogP contribution in [0.15, 0.2) is 24.7 Å². The number of pyridine rings is 1. The van der Waals surface area contributed by atoms with Crippen LogP contribution >= 0.6 is 0 Å². The van der Waals surface area contributed by atoms with E-state index in [1.54, 1.807) is 23.3 Å². The summed E-state index contributed by atoms with van der Waals surface area (Å²) in [4.78, 5) is 32.2. The molecular formula is C23H28N8O2. The zero-order valence-corrected chi connectivity index (χ0v) is 18.9. The molecule has 0 radical (unpaired) electrons. The lowest BCUT2D eigenvalue weighted by Gasteiger charge is -2.38. The third kappa shape index (κ3) is 4.06. The van der Waals surface area contributed by atoms with Crippen LogP contribution in [0.25, 0.3) is 22.8 Å². The van der Waals surface area contributed by atoms with Gasteiger partial charge in [0.1, 0.15) is 12.0 Å². The van der Waals surface area contributed by atoms with Crippen LogP contribution < -0.4 is 10.2 Å². The highest BCUT2D eigenvalue weighted by atomic mass is 16.5. The number of ether oxygens (including phenoxy) is 1. The van der Waals surface area contributed by atoms with Crippen molar-refractivity contribution in [1.29, 1.82) is 0 Å². The molecule has 3 aromatic rings. The fourth-order valence-corrected chi connectivity index (χ4v) is 4.14. The maximum Gasteiger partial charge on any atom is 0.248 e. The Labute approximate surface area is 196 Å². The van der Waals surface area contributed by atoms with E-state index in [9.17, 15) is 4.79 Å². The van der Waals surface area contributed by atoms with Crippen LogP contribution in [-0.4, -0.2) is 54.3 Å². The number of amides is 1. The Morgan fingerprint density at radius 3 is 2.85 bits per heavy atom. The van der Waals surface area contributed by atoms with E-state index >= 15 is 0 Å². The molecule has 1 fully saturated rings. The molecule has 0 saturated carbocycles. The lowest BCUT2D eigenvalue weighted by atomic mass is 10.0. The number of carbonyl (C=O) groups excluding carboxylic acids is 1. The molecule has 1 amide bonds. The highest BCUT2D eigenvalue weighted by Crippen LogP contribution is 2.34. The Bertz CT molecular complexity index is 1300. The molecule has 2 aliphatic heterocycles. The van der Waals surface area contributed by atoms with Gasteiger partial charge in [0, 0.05) is 27.5 Å². The second kappa shape index (κ2) is 8.18. The largest absolute Gasteiger partial charge is 0.358 e. The van der Waals surface area contributed by atoms with E-state index < -0.39 is 12.4 Å². The topological polar surface area (TPSA) is 111 Å². The highest BCUT2D eigenvalue weighted by Gasteiger charge is 2.35. The summed E-state index contributed by atoms with van der Waals surface area (Å²) in [6.07, 6.45) is 6.19. The second-order valence-electron chi connectivity index (χ2n) is 8.77. The number of nitrogens with one attached hydrogen (secondary N) is 1. The number of aryl methyl sites for hydroxylation is 1. The summed E-state index contributed by atoms with van der Waals surface area (Å²) < 4.78 is 31.4. The van der Waals surface area contributed by atoms with Crippen molar-refractivity contribution < 1.29 is 13.6 Å². The van der Waals surface area contributed by atoms with E-state index in [4.69, 9.17) is 8.85 Å². The number of rotatable bonds is 3. The van der Waals surface area contributed by atoms with Crippen molar-refractivity contribution in [3.63, 3.8) is 0 Å². The van der Waals surface area contributed by atoms with Gasteiger partial charge in [0.25, 0.3) is 0 Å². The summed E-state index contributed by atoms with van der Waals surface area (Å²) in [5, 5.41) is 7.48. The van der Waals surface area contributed by atoms with Gasteiger partial charge in [-0.3, -0.25) is 9.69 Å². The molecule has 10 heteroatoms. The monoisotopic (exact) mass is 451 g/mol. The first-order chi connectivity index (χ1) is 17.1. The van der Waals surface area contributed by atoms with Gasteiger partial charge in [-0.05, 0) is 59.0 Å². The zero-order valence-electron chi connectivity index (χ0n) is 21.9. The fraction of sp³-hybridized carbons (Fsp3) is 0.478. The number of aromatic nitrogens is 6. The molecule has 10 nitrogen and oxygen atoms in total. The minimum atomic E-state index is -2.42. The Morgan fingerprint density at radius 2 is 2.09 bits per heavy atom. The van der Waals surface area contributed by atoms with Gasteiger partial charge in [-0.15, -0.1) is 5.10 Å². The highest BCUT2D eigenvalue weighted by molar-refractivity contribution is 6.02. The van der Waals surface area contributed by atoms with Crippen LogP contribution in [-0.2, 0) is 9.53 Å². The predicted octanol–water partition coefficient (Wildman–Crippen LogP) is 3.36. The van der Waals surface area contributed by atoms with E-state index in [-0.39, 0.29) is 24.5 Å². The summed E-state index contributed by atoms with van der Waals surface area (Å²) in [7, 11) is 0. The van der Waals surface area contributed by atoms with Gasteiger partial charge in [0.2, 0.25) is 5.91 Å². The smallest absolute Gasteiger partial charge is 0.248 e. The number of carbonyl (C=O) groups is 1. The summed E-state index contributed by atoms with van der Waals surface area (Å²) in [5.74, 6) is 0.651. The van der Waals surface area contributed by atoms with Gasteiger partial charge in [0.15, 0.2) is 23.7 Å². The molecule has 0 spiro atoms. The number of fused-ring (bicyclic) bond motifs is 1. The van der Waals surface area contributed by atoms with E-state index in [2.05, 4.69) is 30.4 Å². The molecular weight excluding hydrogens is 420 g/mol. The molecule has 1 saturated heterocycles. The number of hydrogen-bond donors (Lipinski definition) is 1. The van der Waals surface area contributed by atoms with Crippen LogP contribution in [0, 0.1) is 6.92 Å². The van der Waals surface area contributed by atoms with Gasteiger partial charge in [-0.25, -0.2) is 24.6 Å². The van der Waals surface area contributed by atoms with Crippen LogP contribution in [0.3, 0.4) is 0 Å². The normalized spacial score (nSPS) is 20.5. The number of hydrogen-bond acceptors (Lipinski definition) is 8. The molecule has 2 aliphatic rings. The molecule has 0 bridgehead atoms. The van der Waals surface area contributed by atoms with Gasteiger partial charge < -0.3 is 10.1 Å². The standard InChI is InChI=1S/C23H28N8O2/c1-14-15(17-11-24-21-22(28-17)31(23(2,3)4)18(32)12-25-21)8-9-16(27-14)20-26-13-30(29-20)19-7-5-6-10-33-19/h8-9,11,13,19H,5-7,10,12H2,1-4H3,(H,24,25)/i2D3. The first kappa shape index (κ1) is 18.1. The van der Waals surface area contributed by atoms with Crippen LogP contribution in [0.4, 0.5) is 11.6 Å². The Hall–Kier alpha value is -3.40. The van der Waals surface area contributed by atoms with E-state index in [0.717, 1.165) is 25.9 Å². The zero-order chi connectivity index (χ0) is 25.7.